The van der Waals surface area contributed by atoms with E-state index in [-0.39, 0.29) is 22.5 Å². The molecule has 0 unspecified atom stereocenters. The third-order valence-corrected chi connectivity index (χ3v) is 3.12. The molecule has 1 heterocycles. The Labute approximate surface area is 120 Å². The van der Waals surface area contributed by atoms with Crippen molar-refractivity contribution in [3.8, 4) is 0 Å². The fraction of sp³-hybridized carbons (Fsp3) is 0. The quantitative estimate of drug-likeness (QED) is 0.662. The van der Waals surface area contributed by atoms with Gasteiger partial charge in [-0.05, 0) is 34.1 Å². The summed E-state index contributed by atoms with van der Waals surface area (Å²) in [5.74, 6) is -0.474. The minimum absolute atomic E-state index is 0.149. The van der Waals surface area contributed by atoms with Crippen LogP contribution in [0.15, 0.2) is 45.8 Å². The first kappa shape index (κ1) is 13.9. The first-order valence-corrected chi connectivity index (χ1v) is 6.21. The molecule has 0 radical (unpaired) electrons. The molecule has 2 aromatic rings. The number of halogens is 1. The first-order valence-electron chi connectivity index (χ1n) is 5.41. The summed E-state index contributed by atoms with van der Waals surface area (Å²) in [6, 6.07) is 6.83. The molecular formula is C12H8BrN3O4. The number of carbonyl (C=O) groups excluding carboxylic acids is 1. The molecule has 0 atom stereocenters. The molecule has 1 aromatic heterocycles. The van der Waals surface area contributed by atoms with Gasteiger partial charge in [0.1, 0.15) is 0 Å². The lowest BCUT2D eigenvalue weighted by molar-refractivity contribution is -0.385. The number of anilines is 1. The lowest BCUT2D eigenvalue weighted by atomic mass is 10.2. The molecule has 0 spiro atoms. The Kier molecular flexibility index (Phi) is 3.94. The van der Waals surface area contributed by atoms with E-state index in [9.17, 15) is 19.7 Å². The van der Waals surface area contributed by atoms with Crippen LogP contribution >= 0.6 is 15.9 Å². The van der Waals surface area contributed by atoms with E-state index in [0.717, 1.165) is 0 Å². The number of carbonyl (C=O) groups is 1. The SMILES string of the molecule is O=C(Nc1ccc(Br)c([N+](=O)[O-])c1)c1ccc(=O)[nH]c1. The van der Waals surface area contributed by atoms with Gasteiger partial charge in [-0.1, -0.05) is 0 Å². The minimum atomic E-state index is -0.556. The van der Waals surface area contributed by atoms with Crippen LogP contribution in [0.5, 0.6) is 0 Å². The van der Waals surface area contributed by atoms with Gasteiger partial charge in [0.05, 0.1) is 15.0 Å². The molecule has 8 heteroatoms. The van der Waals surface area contributed by atoms with E-state index >= 15 is 0 Å². The number of aromatic amines is 1. The lowest BCUT2D eigenvalue weighted by Crippen LogP contribution is -2.14. The van der Waals surface area contributed by atoms with E-state index in [1.54, 1.807) is 0 Å². The average molecular weight is 338 g/mol. The highest BCUT2D eigenvalue weighted by Crippen LogP contribution is 2.27. The van der Waals surface area contributed by atoms with Crippen LogP contribution in [0, 0.1) is 10.1 Å². The highest BCUT2D eigenvalue weighted by Gasteiger charge is 2.14. The number of pyridine rings is 1. The molecule has 1 aromatic carbocycles. The van der Waals surface area contributed by atoms with E-state index in [2.05, 4.69) is 26.2 Å². The zero-order valence-electron chi connectivity index (χ0n) is 9.92. The largest absolute Gasteiger partial charge is 0.328 e. The lowest BCUT2D eigenvalue weighted by Gasteiger charge is -2.05. The number of rotatable bonds is 3. The van der Waals surface area contributed by atoms with Gasteiger partial charge in [0, 0.05) is 24.0 Å². The van der Waals surface area contributed by atoms with Gasteiger partial charge < -0.3 is 10.3 Å². The normalized spacial score (nSPS) is 10.1. The molecule has 0 aliphatic heterocycles. The number of H-pyrrole nitrogens is 1. The second-order valence-corrected chi connectivity index (χ2v) is 4.67. The number of nitro benzene ring substituents is 1. The molecular weight excluding hydrogens is 330 g/mol. The number of benzene rings is 1. The summed E-state index contributed by atoms with van der Waals surface area (Å²) >= 11 is 3.06. The number of nitrogens with zero attached hydrogens (tertiary/aromatic N) is 1. The van der Waals surface area contributed by atoms with Crippen LogP contribution in [0.1, 0.15) is 10.4 Å². The van der Waals surface area contributed by atoms with Gasteiger partial charge in [-0.15, -0.1) is 0 Å². The summed E-state index contributed by atoms with van der Waals surface area (Å²) in [4.78, 5) is 35.4. The van der Waals surface area contributed by atoms with Gasteiger partial charge in [-0.25, -0.2) is 0 Å². The Morgan fingerprint density at radius 1 is 1.30 bits per heavy atom. The standard InChI is InChI=1S/C12H8BrN3O4/c13-9-3-2-8(5-10(9)16(19)20)15-12(18)7-1-4-11(17)14-6-7/h1-6H,(H,14,17)(H,15,18). The highest BCUT2D eigenvalue weighted by molar-refractivity contribution is 9.10. The van der Waals surface area contributed by atoms with E-state index in [0.29, 0.717) is 4.47 Å². The summed E-state index contributed by atoms with van der Waals surface area (Å²) in [5.41, 5.74) is 0.0661. The van der Waals surface area contributed by atoms with Crippen LogP contribution in [0.4, 0.5) is 11.4 Å². The molecule has 7 nitrogen and oxygen atoms in total. The van der Waals surface area contributed by atoms with Crippen molar-refractivity contribution in [1.29, 1.82) is 0 Å². The summed E-state index contributed by atoms with van der Waals surface area (Å²) in [5, 5.41) is 13.3. The van der Waals surface area contributed by atoms with Crippen molar-refractivity contribution in [2.45, 2.75) is 0 Å². The highest BCUT2D eigenvalue weighted by atomic mass is 79.9. The minimum Gasteiger partial charge on any atom is -0.328 e. The van der Waals surface area contributed by atoms with Crippen molar-refractivity contribution in [2.75, 3.05) is 5.32 Å². The number of nitro groups is 1. The van der Waals surface area contributed by atoms with Crippen LogP contribution < -0.4 is 10.9 Å². The van der Waals surface area contributed by atoms with Crippen LogP contribution in [0.25, 0.3) is 0 Å². The van der Waals surface area contributed by atoms with Crippen LogP contribution in [0.3, 0.4) is 0 Å². The number of nitrogens with one attached hydrogen (secondary N) is 2. The van der Waals surface area contributed by atoms with Gasteiger partial charge in [-0.2, -0.15) is 0 Å². The fourth-order valence-corrected chi connectivity index (χ4v) is 1.88. The molecule has 102 valence electrons. The number of amides is 1. The molecule has 0 fully saturated rings. The Hall–Kier alpha value is -2.48. The van der Waals surface area contributed by atoms with Crippen LogP contribution in [-0.4, -0.2) is 15.8 Å². The summed E-state index contributed by atoms with van der Waals surface area (Å²) in [6.45, 7) is 0. The van der Waals surface area contributed by atoms with E-state index in [1.807, 2.05) is 0 Å². The molecule has 2 rings (SSSR count). The van der Waals surface area contributed by atoms with Crippen LogP contribution in [-0.2, 0) is 0 Å². The predicted octanol–water partition coefficient (Wildman–Crippen LogP) is 2.30. The maximum Gasteiger partial charge on any atom is 0.285 e. The second-order valence-electron chi connectivity index (χ2n) is 3.82. The van der Waals surface area contributed by atoms with Crippen LogP contribution in [0.2, 0.25) is 0 Å². The Morgan fingerprint density at radius 3 is 2.65 bits per heavy atom. The van der Waals surface area contributed by atoms with Crippen molar-refractivity contribution < 1.29 is 9.72 Å². The smallest absolute Gasteiger partial charge is 0.285 e. The Bertz CT molecular complexity index is 721. The topological polar surface area (TPSA) is 105 Å². The van der Waals surface area contributed by atoms with Crippen molar-refractivity contribution in [3.63, 3.8) is 0 Å². The zero-order valence-corrected chi connectivity index (χ0v) is 11.5. The van der Waals surface area contributed by atoms with Gasteiger partial charge >= 0.3 is 0 Å². The Morgan fingerprint density at radius 2 is 2.05 bits per heavy atom. The van der Waals surface area contributed by atoms with Gasteiger partial charge in [0.25, 0.3) is 11.6 Å². The fourth-order valence-electron chi connectivity index (χ4n) is 1.49. The van der Waals surface area contributed by atoms with E-state index in [4.69, 9.17) is 0 Å². The van der Waals surface area contributed by atoms with E-state index < -0.39 is 10.8 Å². The maximum atomic E-state index is 11.9. The van der Waals surface area contributed by atoms with Crippen molar-refractivity contribution in [2.24, 2.45) is 0 Å². The summed E-state index contributed by atoms with van der Waals surface area (Å²) in [6.07, 6.45) is 1.27. The summed E-state index contributed by atoms with van der Waals surface area (Å²) in [7, 11) is 0. The molecule has 0 saturated heterocycles. The predicted molar refractivity (Wildman–Crippen MR) is 75.8 cm³/mol. The number of aromatic nitrogens is 1. The van der Waals surface area contributed by atoms with Crippen molar-refractivity contribution >= 4 is 33.2 Å². The molecule has 0 aliphatic rings. The monoisotopic (exact) mass is 337 g/mol. The third-order valence-electron chi connectivity index (χ3n) is 2.45. The molecule has 1 amide bonds. The number of hydrogen-bond acceptors (Lipinski definition) is 4. The van der Waals surface area contributed by atoms with E-state index in [1.165, 1.54) is 36.5 Å². The second kappa shape index (κ2) is 5.66. The molecule has 0 saturated carbocycles. The molecule has 2 N–H and O–H groups in total. The van der Waals surface area contributed by atoms with Gasteiger partial charge in [0.2, 0.25) is 5.56 Å². The molecule has 0 bridgehead atoms. The average Bonchev–Trinajstić information content (AvgIpc) is 2.41. The maximum absolute atomic E-state index is 11.9. The molecule has 0 aliphatic carbocycles. The summed E-state index contributed by atoms with van der Waals surface area (Å²) < 4.78 is 0.324. The Balaban J connectivity index is 2.24. The zero-order chi connectivity index (χ0) is 14.7. The molecule has 20 heavy (non-hydrogen) atoms. The van der Waals surface area contributed by atoms with Crippen molar-refractivity contribution in [1.82, 2.24) is 4.98 Å². The van der Waals surface area contributed by atoms with Gasteiger partial charge in [-0.3, -0.25) is 19.7 Å². The van der Waals surface area contributed by atoms with Gasteiger partial charge in [0.15, 0.2) is 0 Å². The first-order chi connectivity index (χ1) is 9.47. The van der Waals surface area contributed by atoms with Crippen molar-refractivity contribution in [3.05, 3.63) is 67.0 Å². The number of hydrogen-bond donors (Lipinski definition) is 2. The third kappa shape index (κ3) is 3.09.